The normalized spacial score (nSPS) is 14.5. The number of likely N-dealkylation sites (N-methyl/N-ethyl adjacent to an activating group) is 1. The van der Waals surface area contributed by atoms with Crippen LogP contribution in [0, 0.1) is 0 Å². The topological polar surface area (TPSA) is 65.5 Å². The summed E-state index contributed by atoms with van der Waals surface area (Å²) in [6.07, 6.45) is 2.59. The molecule has 1 rings (SSSR count). The highest BCUT2D eigenvalue weighted by atomic mass is 16.4. The van der Waals surface area contributed by atoms with E-state index in [9.17, 15) is 9.90 Å². The fraction of sp³-hybridized carbons (Fsp3) is 0.600. The number of aromatic nitrogens is 1. The molecule has 1 heterocycles. The molecule has 0 aliphatic rings. The average Bonchev–Trinajstić information content (AvgIpc) is 2.36. The van der Waals surface area contributed by atoms with E-state index in [4.69, 9.17) is 0 Å². The summed E-state index contributed by atoms with van der Waals surface area (Å²) >= 11 is 0. The summed E-state index contributed by atoms with van der Waals surface area (Å²) < 4.78 is 0. The van der Waals surface area contributed by atoms with Crippen LogP contribution in [0.2, 0.25) is 0 Å². The van der Waals surface area contributed by atoms with Gasteiger partial charge in [0.05, 0.1) is 0 Å². The van der Waals surface area contributed by atoms with Crippen LogP contribution in [0.3, 0.4) is 0 Å². The zero-order chi connectivity index (χ0) is 15.2. The lowest BCUT2D eigenvalue weighted by atomic mass is 10.0. The molecule has 0 saturated heterocycles. The fourth-order valence-electron chi connectivity index (χ4n) is 2.28. The maximum atomic E-state index is 11.5. The van der Waals surface area contributed by atoms with E-state index in [1.54, 1.807) is 13.1 Å². The number of hydrogen-bond acceptors (Lipinski definition) is 4. The lowest BCUT2D eigenvalue weighted by Gasteiger charge is -2.32. The van der Waals surface area contributed by atoms with E-state index < -0.39 is 11.5 Å². The number of pyridine rings is 1. The van der Waals surface area contributed by atoms with Gasteiger partial charge in [-0.15, -0.1) is 0 Å². The molecule has 20 heavy (non-hydrogen) atoms. The van der Waals surface area contributed by atoms with Gasteiger partial charge in [-0.3, -0.25) is 15.1 Å². The molecule has 1 aromatic heterocycles. The van der Waals surface area contributed by atoms with Crippen molar-refractivity contribution < 1.29 is 9.90 Å². The van der Waals surface area contributed by atoms with Gasteiger partial charge < -0.3 is 10.0 Å². The summed E-state index contributed by atoms with van der Waals surface area (Å²) in [4.78, 5) is 17.8. The first kappa shape index (κ1) is 16.6. The van der Waals surface area contributed by atoms with Crippen molar-refractivity contribution in [1.29, 1.82) is 0 Å². The number of nitrogens with zero attached hydrogens (tertiary/aromatic N) is 2. The molecule has 5 nitrogen and oxygen atoms in total. The van der Waals surface area contributed by atoms with Gasteiger partial charge in [0, 0.05) is 37.4 Å². The second-order valence-corrected chi connectivity index (χ2v) is 5.75. The lowest BCUT2D eigenvalue weighted by molar-refractivity contribution is -0.145. The number of carbonyl (C=O) groups is 1. The first-order chi connectivity index (χ1) is 9.33. The van der Waals surface area contributed by atoms with Crippen LogP contribution in [0.5, 0.6) is 0 Å². The minimum atomic E-state index is -0.937. The summed E-state index contributed by atoms with van der Waals surface area (Å²) in [5.41, 5.74) is 0.0840. The minimum absolute atomic E-state index is 0.125. The lowest BCUT2D eigenvalue weighted by Crippen LogP contribution is -2.58. The van der Waals surface area contributed by atoms with Gasteiger partial charge in [-0.25, -0.2) is 0 Å². The maximum Gasteiger partial charge on any atom is 0.324 e. The molecule has 0 radical (unpaired) electrons. The van der Waals surface area contributed by atoms with Crippen LogP contribution in [0.1, 0.15) is 26.5 Å². The Bertz CT molecular complexity index is 422. The van der Waals surface area contributed by atoms with Crippen molar-refractivity contribution in [2.24, 2.45) is 0 Å². The van der Waals surface area contributed by atoms with Crippen molar-refractivity contribution in [3.63, 3.8) is 0 Å². The molecule has 0 aliphatic heterocycles. The van der Waals surface area contributed by atoms with E-state index in [1.165, 1.54) is 0 Å². The van der Waals surface area contributed by atoms with E-state index in [0.717, 1.165) is 18.7 Å². The second kappa shape index (κ2) is 7.36. The number of carboxylic acids is 1. The highest BCUT2D eigenvalue weighted by molar-refractivity contribution is 5.78. The zero-order valence-corrected chi connectivity index (χ0v) is 12.8. The quantitative estimate of drug-likeness (QED) is 0.753. The molecule has 0 spiro atoms. The Balaban J connectivity index is 2.54. The van der Waals surface area contributed by atoms with Gasteiger partial charge in [-0.1, -0.05) is 6.07 Å². The standard InChI is InChI=1S/C15H25N3O2/c1-12(2)17-15(3,14(19)20)11-18(4)10-8-13-7-5-6-9-16-13/h5-7,9,12,17H,8,10-11H2,1-4H3,(H,19,20). The third kappa shape index (κ3) is 5.27. The van der Waals surface area contributed by atoms with Gasteiger partial charge in [0.2, 0.25) is 0 Å². The smallest absolute Gasteiger partial charge is 0.324 e. The SMILES string of the molecule is CC(C)NC(C)(CN(C)CCc1ccccn1)C(=O)O. The van der Waals surface area contributed by atoms with Gasteiger partial charge in [-0.05, 0) is 40.0 Å². The molecule has 112 valence electrons. The molecule has 0 aliphatic carbocycles. The predicted octanol–water partition coefficient (Wildman–Crippen LogP) is 1.40. The summed E-state index contributed by atoms with van der Waals surface area (Å²) in [5.74, 6) is -0.823. The first-order valence-corrected chi connectivity index (χ1v) is 6.93. The van der Waals surface area contributed by atoms with E-state index in [-0.39, 0.29) is 6.04 Å². The summed E-state index contributed by atoms with van der Waals surface area (Å²) in [5, 5.41) is 12.5. The summed E-state index contributed by atoms with van der Waals surface area (Å²) in [7, 11) is 1.94. The molecule has 1 aromatic rings. The second-order valence-electron chi connectivity index (χ2n) is 5.75. The van der Waals surface area contributed by atoms with E-state index >= 15 is 0 Å². The fourth-order valence-corrected chi connectivity index (χ4v) is 2.28. The number of hydrogen-bond donors (Lipinski definition) is 2. The predicted molar refractivity (Wildman–Crippen MR) is 79.8 cm³/mol. The van der Waals surface area contributed by atoms with E-state index in [1.807, 2.05) is 44.0 Å². The van der Waals surface area contributed by atoms with Crippen LogP contribution in [0.15, 0.2) is 24.4 Å². The third-order valence-corrected chi connectivity index (χ3v) is 3.14. The van der Waals surface area contributed by atoms with Crippen molar-refractivity contribution in [2.45, 2.75) is 38.8 Å². The van der Waals surface area contributed by atoms with Crippen molar-refractivity contribution in [3.05, 3.63) is 30.1 Å². The number of carboxylic acid groups (broad SMARTS) is 1. The van der Waals surface area contributed by atoms with Gasteiger partial charge in [0.25, 0.3) is 0 Å². The molecule has 0 fully saturated rings. The Kier molecular flexibility index (Phi) is 6.10. The summed E-state index contributed by atoms with van der Waals surface area (Å²) in [6.45, 7) is 6.86. The molecular formula is C15H25N3O2. The van der Waals surface area contributed by atoms with Gasteiger partial charge >= 0.3 is 5.97 Å². The summed E-state index contributed by atoms with van der Waals surface area (Å²) in [6, 6.07) is 5.96. The Morgan fingerprint density at radius 2 is 2.20 bits per heavy atom. The number of nitrogens with one attached hydrogen (secondary N) is 1. The van der Waals surface area contributed by atoms with E-state index in [0.29, 0.717) is 6.54 Å². The van der Waals surface area contributed by atoms with Crippen LogP contribution in [-0.4, -0.2) is 52.7 Å². The Labute approximate surface area is 121 Å². The van der Waals surface area contributed by atoms with Gasteiger partial charge in [0.15, 0.2) is 0 Å². The molecule has 1 unspecified atom stereocenters. The van der Waals surface area contributed by atoms with Crippen molar-refractivity contribution in [3.8, 4) is 0 Å². The largest absolute Gasteiger partial charge is 0.480 e. The van der Waals surface area contributed by atoms with E-state index in [2.05, 4.69) is 10.3 Å². The third-order valence-electron chi connectivity index (χ3n) is 3.14. The molecule has 0 bridgehead atoms. The Morgan fingerprint density at radius 1 is 1.50 bits per heavy atom. The van der Waals surface area contributed by atoms with Crippen LogP contribution in [0.4, 0.5) is 0 Å². The minimum Gasteiger partial charge on any atom is -0.480 e. The monoisotopic (exact) mass is 279 g/mol. The van der Waals surface area contributed by atoms with Gasteiger partial charge in [-0.2, -0.15) is 0 Å². The van der Waals surface area contributed by atoms with Crippen molar-refractivity contribution in [2.75, 3.05) is 20.1 Å². The first-order valence-electron chi connectivity index (χ1n) is 6.93. The molecular weight excluding hydrogens is 254 g/mol. The highest BCUT2D eigenvalue weighted by Crippen LogP contribution is 2.09. The molecule has 0 aromatic carbocycles. The van der Waals surface area contributed by atoms with Crippen LogP contribution < -0.4 is 5.32 Å². The maximum absolute atomic E-state index is 11.5. The molecule has 0 saturated carbocycles. The number of aliphatic carboxylic acids is 1. The zero-order valence-electron chi connectivity index (χ0n) is 12.8. The molecule has 5 heteroatoms. The highest BCUT2D eigenvalue weighted by Gasteiger charge is 2.34. The van der Waals surface area contributed by atoms with Crippen LogP contribution in [-0.2, 0) is 11.2 Å². The molecule has 0 amide bonds. The molecule has 2 N–H and O–H groups in total. The van der Waals surface area contributed by atoms with Crippen LogP contribution >= 0.6 is 0 Å². The Hall–Kier alpha value is -1.46. The Morgan fingerprint density at radius 3 is 2.70 bits per heavy atom. The van der Waals surface area contributed by atoms with Crippen molar-refractivity contribution in [1.82, 2.24) is 15.2 Å². The molecule has 1 atom stereocenters. The average molecular weight is 279 g/mol. The number of rotatable bonds is 8. The van der Waals surface area contributed by atoms with Gasteiger partial charge in [0.1, 0.15) is 5.54 Å². The van der Waals surface area contributed by atoms with Crippen molar-refractivity contribution >= 4 is 5.97 Å². The van der Waals surface area contributed by atoms with Crippen LogP contribution in [0.25, 0.3) is 0 Å².